The molecule has 0 fully saturated rings. The molecule has 21 heavy (non-hydrogen) atoms. The molecular formula is C14H27N5O2. The first-order valence-corrected chi connectivity index (χ1v) is 7.70. The minimum absolute atomic E-state index is 0.199. The highest BCUT2D eigenvalue weighted by molar-refractivity contribution is 5.35. The quantitative estimate of drug-likeness (QED) is 0.574. The van der Waals surface area contributed by atoms with Crippen LogP contribution in [-0.4, -0.2) is 46.4 Å². The number of nitrogens with one attached hydrogen (secondary N) is 2. The molecular weight excluding hydrogens is 270 g/mol. The minimum Gasteiger partial charge on any atom is -0.463 e. The molecule has 0 aliphatic carbocycles. The Bertz CT molecular complexity index is 403. The van der Waals surface area contributed by atoms with E-state index in [0.717, 1.165) is 32.4 Å². The maximum Gasteiger partial charge on any atom is 0.323 e. The van der Waals surface area contributed by atoms with Crippen LogP contribution in [0.15, 0.2) is 0 Å². The summed E-state index contributed by atoms with van der Waals surface area (Å²) < 4.78 is 5.48. The predicted octanol–water partition coefficient (Wildman–Crippen LogP) is 1.91. The Kier molecular flexibility index (Phi) is 8.42. The van der Waals surface area contributed by atoms with Crippen molar-refractivity contribution >= 4 is 11.9 Å². The fourth-order valence-electron chi connectivity index (χ4n) is 1.80. The molecule has 1 rings (SSSR count). The summed E-state index contributed by atoms with van der Waals surface area (Å²) in [5.41, 5.74) is 0. The van der Waals surface area contributed by atoms with E-state index in [2.05, 4.69) is 32.5 Å². The van der Waals surface area contributed by atoms with Gasteiger partial charge in [0.05, 0.1) is 6.61 Å². The van der Waals surface area contributed by atoms with Gasteiger partial charge in [-0.2, -0.15) is 15.0 Å². The van der Waals surface area contributed by atoms with Crippen molar-refractivity contribution < 1.29 is 9.84 Å². The van der Waals surface area contributed by atoms with Crippen LogP contribution in [-0.2, 0) is 0 Å². The molecule has 1 unspecified atom stereocenters. The van der Waals surface area contributed by atoms with Gasteiger partial charge in [0, 0.05) is 19.7 Å². The van der Waals surface area contributed by atoms with Gasteiger partial charge in [-0.05, 0) is 25.7 Å². The standard InChI is InChI=1S/C14H27N5O2/c1-4-9-21-14-18-12(15-6-3)17-13(19-14)16-10-11(5-2)7-8-20/h11,20H,4-10H2,1-3H3,(H2,15,16,17,18,19). The van der Waals surface area contributed by atoms with Crippen molar-refractivity contribution in [1.82, 2.24) is 15.0 Å². The summed E-state index contributed by atoms with van der Waals surface area (Å²) in [6.07, 6.45) is 2.67. The summed E-state index contributed by atoms with van der Waals surface area (Å²) in [5, 5.41) is 15.3. The summed E-state index contributed by atoms with van der Waals surface area (Å²) in [6.45, 7) is 8.36. The molecule has 7 nitrogen and oxygen atoms in total. The van der Waals surface area contributed by atoms with E-state index in [1.807, 2.05) is 13.8 Å². The smallest absolute Gasteiger partial charge is 0.323 e. The molecule has 7 heteroatoms. The van der Waals surface area contributed by atoms with E-state index in [1.165, 1.54) is 0 Å². The fourth-order valence-corrected chi connectivity index (χ4v) is 1.80. The van der Waals surface area contributed by atoms with Gasteiger partial charge < -0.3 is 20.5 Å². The van der Waals surface area contributed by atoms with Gasteiger partial charge in [-0.1, -0.05) is 20.3 Å². The van der Waals surface area contributed by atoms with E-state index in [-0.39, 0.29) is 6.61 Å². The highest BCUT2D eigenvalue weighted by Crippen LogP contribution is 2.13. The molecule has 0 radical (unpaired) electrons. The number of aliphatic hydroxyl groups is 1. The summed E-state index contributed by atoms with van der Waals surface area (Å²) in [6, 6.07) is 0.334. The normalized spacial score (nSPS) is 12.0. The summed E-state index contributed by atoms with van der Waals surface area (Å²) in [5.74, 6) is 1.41. The van der Waals surface area contributed by atoms with Crippen molar-refractivity contribution in [2.24, 2.45) is 5.92 Å². The van der Waals surface area contributed by atoms with Crippen molar-refractivity contribution in [3.8, 4) is 6.01 Å². The zero-order valence-electron chi connectivity index (χ0n) is 13.2. The maximum absolute atomic E-state index is 9.02. The molecule has 0 saturated carbocycles. The lowest BCUT2D eigenvalue weighted by Gasteiger charge is -2.15. The molecule has 0 amide bonds. The average molecular weight is 297 g/mol. The van der Waals surface area contributed by atoms with Crippen LogP contribution in [0.4, 0.5) is 11.9 Å². The highest BCUT2D eigenvalue weighted by Gasteiger charge is 2.10. The number of hydrogen-bond donors (Lipinski definition) is 3. The number of nitrogens with zero attached hydrogens (tertiary/aromatic N) is 3. The van der Waals surface area contributed by atoms with Gasteiger partial charge in [-0.3, -0.25) is 0 Å². The first-order chi connectivity index (χ1) is 10.2. The Morgan fingerprint density at radius 3 is 2.38 bits per heavy atom. The Hall–Kier alpha value is -1.63. The van der Waals surface area contributed by atoms with E-state index in [0.29, 0.717) is 30.4 Å². The predicted molar refractivity (Wildman–Crippen MR) is 83.8 cm³/mol. The van der Waals surface area contributed by atoms with Crippen LogP contribution in [0.3, 0.4) is 0 Å². The molecule has 0 bridgehead atoms. The van der Waals surface area contributed by atoms with Crippen LogP contribution in [0.2, 0.25) is 0 Å². The van der Waals surface area contributed by atoms with E-state index < -0.39 is 0 Å². The molecule has 1 heterocycles. The van der Waals surface area contributed by atoms with Gasteiger partial charge in [-0.15, -0.1) is 0 Å². The zero-order chi connectivity index (χ0) is 15.5. The van der Waals surface area contributed by atoms with Gasteiger partial charge in [0.1, 0.15) is 0 Å². The lowest BCUT2D eigenvalue weighted by atomic mass is 10.0. The molecule has 1 atom stereocenters. The van der Waals surface area contributed by atoms with Crippen molar-refractivity contribution in [3.63, 3.8) is 0 Å². The average Bonchev–Trinajstić information content (AvgIpc) is 2.49. The number of hydrogen-bond acceptors (Lipinski definition) is 7. The minimum atomic E-state index is 0.199. The van der Waals surface area contributed by atoms with Gasteiger partial charge in [0.2, 0.25) is 11.9 Å². The second kappa shape index (κ2) is 10.1. The zero-order valence-corrected chi connectivity index (χ0v) is 13.2. The van der Waals surface area contributed by atoms with Crippen molar-refractivity contribution in [2.75, 3.05) is 36.9 Å². The van der Waals surface area contributed by atoms with E-state index in [9.17, 15) is 0 Å². The van der Waals surface area contributed by atoms with Gasteiger partial charge in [0.25, 0.3) is 0 Å². The number of aliphatic hydroxyl groups excluding tert-OH is 1. The third-order valence-corrected chi connectivity index (χ3v) is 3.05. The summed E-state index contributed by atoms with van der Waals surface area (Å²) in [7, 11) is 0. The third-order valence-electron chi connectivity index (χ3n) is 3.05. The first-order valence-electron chi connectivity index (χ1n) is 7.70. The number of ether oxygens (including phenoxy) is 1. The number of aromatic nitrogens is 3. The second-order valence-corrected chi connectivity index (χ2v) is 4.81. The number of anilines is 2. The van der Waals surface area contributed by atoms with Crippen LogP contribution in [0.5, 0.6) is 6.01 Å². The lowest BCUT2D eigenvalue weighted by Crippen LogP contribution is -2.18. The Labute approximate surface area is 126 Å². The van der Waals surface area contributed by atoms with Crippen molar-refractivity contribution in [3.05, 3.63) is 0 Å². The van der Waals surface area contributed by atoms with Crippen LogP contribution in [0.1, 0.15) is 40.0 Å². The largest absolute Gasteiger partial charge is 0.463 e. The Morgan fingerprint density at radius 2 is 1.81 bits per heavy atom. The topological polar surface area (TPSA) is 92.2 Å². The monoisotopic (exact) mass is 297 g/mol. The first kappa shape index (κ1) is 17.4. The highest BCUT2D eigenvalue weighted by atomic mass is 16.5. The van der Waals surface area contributed by atoms with Gasteiger partial charge in [-0.25, -0.2) is 0 Å². The number of rotatable bonds is 11. The van der Waals surface area contributed by atoms with E-state index in [1.54, 1.807) is 0 Å². The van der Waals surface area contributed by atoms with Crippen molar-refractivity contribution in [1.29, 1.82) is 0 Å². The summed E-state index contributed by atoms with van der Waals surface area (Å²) in [4.78, 5) is 12.8. The third kappa shape index (κ3) is 6.57. The molecule has 0 spiro atoms. The molecule has 120 valence electrons. The lowest BCUT2D eigenvalue weighted by molar-refractivity contribution is 0.258. The van der Waals surface area contributed by atoms with E-state index >= 15 is 0 Å². The van der Waals surface area contributed by atoms with E-state index in [4.69, 9.17) is 9.84 Å². The van der Waals surface area contributed by atoms with Crippen LogP contribution in [0, 0.1) is 5.92 Å². The summed E-state index contributed by atoms with van der Waals surface area (Å²) >= 11 is 0. The molecule has 0 aliphatic rings. The molecule has 0 aliphatic heterocycles. The van der Waals surface area contributed by atoms with Crippen molar-refractivity contribution in [2.45, 2.75) is 40.0 Å². The van der Waals surface area contributed by atoms with Gasteiger partial charge in [0.15, 0.2) is 0 Å². The Morgan fingerprint density at radius 1 is 1.10 bits per heavy atom. The molecule has 3 N–H and O–H groups in total. The van der Waals surface area contributed by atoms with Crippen LogP contribution >= 0.6 is 0 Å². The van der Waals surface area contributed by atoms with Gasteiger partial charge >= 0.3 is 6.01 Å². The second-order valence-electron chi connectivity index (χ2n) is 4.81. The molecule has 1 aromatic heterocycles. The van der Waals surface area contributed by atoms with Crippen LogP contribution in [0.25, 0.3) is 0 Å². The Balaban J connectivity index is 2.71. The maximum atomic E-state index is 9.02. The molecule has 0 saturated heterocycles. The van der Waals surface area contributed by atoms with Crippen LogP contribution < -0.4 is 15.4 Å². The molecule has 0 aromatic carbocycles. The molecule has 1 aromatic rings. The SMILES string of the molecule is CCCOc1nc(NCC)nc(NCC(CC)CCO)n1. The fraction of sp³-hybridized carbons (Fsp3) is 0.786.